The SMILES string of the molecule is Cc1ccc(CNC(=O)C2CC[NH+](Cc3ccccc3F)CC2)cc1. The first kappa shape index (κ1) is 17.6. The molecule has 1 fully saturated rings. The molecule has 0 spiro atoms. The predicted molar refractivity (Wildman–Crippen MR) is 96.6 cm³/mol. The van der Waals surface area contributed by atoms with E-state index in [2.05, 4.69) is 36.5 Å². The summed E-state index contributed by atoms with van der Waals surface area (Å²) in [6.07, 6.45) is 1.73. The van der Waals surface area contributed by atoms with Gasteiger partial charge < -0.3 is 10.2 Å². The number of carbonyl (C=O) groups is 1. The van der Waals surface area contributed by atoms with Gasteiger partial charge in [0.05, 0.1) is 13.1 Å². The summed E-state index contributed by atoms with van der Waals surface area (Å²) < 4.78 is 13.8. The molecular weight excluding hydrogens is 315 g/mol. The lowest BCUT2D eigenvalue weighted by Crippen LogP contribution is -3.11. The minimum Gasteiger partial charge on any atom is -0.352 e. The van der Waals surface area contributed by atoms with E-state index in [1.807, 2.05) is 12.1 Å². The van der Waals surface area contributed by atoms with Gasteiger partial charge in [-0.05, 0) is 18.6 Å². The van der Waals surface area contributed by atoms with E-state index in [4.69, 9.17) is 0 Å². The molecule has 25 heavy (non-hydrogen) atoms. The maximum Gasteiger partial charge on any atom is 0.223 e. The maximum atomic E-state index is 13.8. The van der Waals surface area contributed by atoms with Gasteiger partial charge in [0.2, 0.25) is 5.91 Å². The molecule has 1 aliphatic rings. The normalized spacial score (nSPS) is 20.2. The van der Waals surface area contributed by atoms with E-state index in [1.165, 1.54) is 16.5 Å². The fourth-order valence-corrected chi connectivity index (χ4v) is 3.42. The van der Waals surface area contributed by atoms with Crippen LogP contribution in [0.15, 0.2) is 48.5 Å². The lowest BCUT2D eigenvalue weighted by Gasteiger charge is -2.28. The Kier molecular flexibility index (Phi) is 5.82. The van der Waals surface area contributed by atoms with Gasteiger partial charge in [-0.2, -0.15) is 0 Å². The first-order chi connectivity index (χ1) is 12.1. The molecule has 3 rings (SSSR count). The van der Waals surface area contributed by atoms with Crippen LogP contribution in [0.25, 0.3) is 0 Å². The van der Waals surface area contributed by atoms with E-state index in [9.17, 15) is 9.18 Å². The lowest BCUT2D eigenvalue weighted by molar-refractivity contribution is -0.919. The van der Waals surface area contributed by atoms with Crippen LogP contribution in [0.4, 0.5) is 4.39 Å². The van der Waals surface area contributed by atoms with Crippen LogP contribution in [0.5, 0.6) is 0 Å². The Morgan fingerprint density at radius 3 is 2.48 bits per heavy atom. The number of amides is 1. The second kappa shape index (κ2) is 8.26. The Bertz CT molecular complexity index is 706. The van der Waals surface area contributed by atoms with Gasteiger partial charge in [-0.1, -0.05) is 48.0 Å². The summed E-state index contributed by atoms with van der Waals surface area (Å²) in [6.45, 7) is 5.17. The number of nitrogens with one attached hydrogen (secondary N) is 2. The summed E-state index contributed by atoms with van der Waals surface area (Å²) in [7, 11) is 0. The second-order valence-corrected chi connectivity index (χ2v) is 7.00. The Labute approximate surface area is 148 Å². The van der Waals surface area contributed by atoms with Crippen LogP contribution in [0.3, 0.4) is 0 Å². The molecule has 2 aromatic carbocycles. The van der Waals surface area contributed by atoms with E-state index in [-0.39, 0.29) is 17.6 Å². The minimum absolute atomic E-state index is 0.0785. The van der Waals surface area contributed by atoms with Gasteiger partial charge in [0.25, 0.3) is 0 Å². The van der Waals surface area contributed by atoms with Crippen molar-refractivity contribution < 1.29 is 14.1 Å². The zero-order valence-electron chi connectivity index (χ0n) is 14.7. The van der Waals surface area contributed by atoms with Gasteiger partial charge in [0.1, 0.15) is 12.4 Å². The quantitative estimate of drug-likeness (QED) is 0.859. The molecule has 2 N–H and O–H groups in total. The number of halogens is 1. The molecule has 3 nitrogen and oxygen atoms in total. The van der Waals surface area contributed by atoms with Crippen LogP contribution < -0.4 is 10.2 Å². The largest absolute Gasteiger partial charge is 0.352 e. The first-order valence-corrected chi connectivity index (χ1v) is 9.02. The molecule has 132 valence electrons. The Hall–Kier alpha value is -2.20. The second-order valence-electron chi connectivity index (χ2n) is 7.00. The smallest absolute Gasteiger partial charge is 0.223 e. The van der Waals surface area contributed by atoms with Crippen LogP contribution >= 0.6 is 0 Å². The average molecular weight is 341 g/mol. The lowest BCUT2D eigenvalue weighted by atomic mass is 9.95. The molecule has 0 radical (unpaired) electrons. The fraction of sp³-hybridized carbons (Fsp3) is 0.381. The van der Waals surface area contributed by atoms with E-state index >= 15 is 0 Å². The molecule has 0 bridgehead atoms. The number of benzene rings is 2. The molecule has 1 aliphatic heterocycles. The number of likely N-dealkylation sites (tertiary alicyclic amines) is 1. The van der Waals surface area contributed by atoms with Crippen molar-refractivity contribution in [2.75, 3.05) is 13.1 Å². The van der Waals surface area contributed by atoms with Gasteiger partial charge in [-0.15, -0.1) is 0 Å². The maximum absolute atomic E-state index is 13.8. The number of carbonyl (C=O) groups excluding carboxylic acids is 1. The highest BCUT2D eigenvalue weighted by Gasteiger charge is 2.27. The highest BCUT2D eigenvalue weighted by Crippen LogP contribution is 2.12. The molecule has 0 saturated carbocycles. The van der Waals surface area contributed by atoms with Crippen LogP contribution in [0.2, 0.25) is 0 Å². The molecular formula is C21H26FN2O+. The Morgan fingerprint density at radius 1 is 1.12 bits per heavy atom. The molecule has 0 atom stereocenters. The van der Waals surface area contributed by atoms with E-state index in [0.29, 0.717) is 13.1 Å². The summed E-state index contributed by atoms with van der Waals surface area (Å²) in [4.78, 5) is 13.7. The highest BCUT2D eigenvalue weighted by molar-refractivity contribution is 5.78. The van der Waals surface area contributed by atoms with Gasteiger partial charge in [-0.25, -0.2) is 4.39 Å². The standard InChI is InChI=1S/C21H25FN2O/c1-16-6-8-17(9-7-16)14-23-21(25)18-10-12-24(13-11-18)15-19-4-2-3-5-20(19)22/h2-9,18H,10-15H2,1H3,(H,23,25)/p+1. The summed E-state index contributed by atoms with van der Waals surface area (Å²) in [6, 6.07) is 15.2. The molecule has 0 aromatic heterocycles. The molecule has 1 heterocycles. The van der Waals surface area contributed by atoms with Crippen molar-refractivity contribution in [3.63, 3.8) is 0 Å². The van der Waals surface area contributed by atoms with Crippen molar-refractivity contribution in [1.29, 1.82) is 0 Å². The molecule has 2 aromatic rings. The third kappa shape index (κ3) is 4.89. The summed E-state index contributed by atoms with van der Waals surface area (Å²) in [5.74, 6) is 0.0910. The first-order valence-electron chi connectivity index (χ1n) is 9.02. The van der Waals surface area contributed by atoms with Crippen LogP contribution in [-0.2, 0) is 17.9 Å². The summed E-state index contributed by atoms with van der Waals surface area (Å²) in [5.41, 5.74) is 3.11. The van der Waals surface area contributed by atoms with Gasteiger partial charge in [0, 0.05) is 30.9 Å². The van der Waals surface area contributed by atoms with Gasteiger partial charge in [-0.3, -0.25) is 4.79 Å². The molecule has 1 amide bonds. The third-order valence-electron chi connectivity index (χ3n) is 5.05. The Morgan fingerprint density at radius 2 is 1.80 bits per heavy atom. The third-order valence-corrected chi connectivity index (χ3v) is 5.05. The van der Waals surface area contributed by atoms with Crippen LogP contribution in [-0.4, -0.2) is 19.0 Å². The van der Waals surface area contributed by atoms with Crippen molar-refractivity contribution in [3.05, 3.63) is 71.0 Å². The summed E-state index contributed by atoms with van der Waals surface area (Å²) >= 11 is 0. The zero-order valence-corrected chi connectivity index (χ0v) is 14.7. The monoisotopic (exact) mass is 341 g/mol. The minimum atomic E-state index is -0.132. The highest BCUT2D eigenvalue weighted by atomic mass is 19.1. The van der Waals surface area contributed by atoms with E-state index in [1.54, 1.807) is 6.07 Å². The van der Waals surface area contributed by atoms with Crippen molar-refractivity contribution in [2.24, 2.45) is 5.92 Å². The number of piperidine rings is 1. The van der Waals surface area contributed by atoms with E-state index < -0.39 is 0 Å². The van der Waals surface area contributed by atoms with Crippen LogP contribution in [0, 0.1) is 18.7 Å². The number of hydrogen-bond acceptors (Lipinski definition) is 1. The van der Waals surface area contributed by atoms with Crippen LogP contribution in [0.1, 0.15) is 29.5 Å². The van der Waals surface area contributed by atoms with Gasteiger partial charge in [0.15, 0.2) is 0 Å². The predicted octanol–water partition coefficient (Wildman–Crippen LogP) is 2.25. The summed E-state index contributed by atoms with van der Waals surface area (Å²) in [5, 5.41) is 3.05. The average Bonchev–Trinajstić information content (AvgIpc) is 2.63. The number of quaternary nitrogens is 1. The molecule has 0 aliphatic carbocycles. The fourth-order valence-electron chi connectivity index (χ4n) is 3.42. The van der Waals surface area contributed by atoms with Crippen molar-refractivity contribution in [3.8, 4) is 0 Å². The number of rotatable bonds is 5. The van der Waals surface area contributed by atoms with Crippen molar-refractivity contribution in [1.82, 2.24) is 5.32 Å². The number of hydrogen-bond donors (Lipinski definition) is 2. The van der Waals surface area contributed by atoms with Crippen molar-refractivity contribution >= 4 is 5.91 Å². The topological polar surface area (TPSA) is 33.5 Å². The van der Waals surface area contributed by atoms with E-state index in [0.717, 1.165) is 37.1 Å². The molecule has 0 unspecified atom stereocenters. The zero-order chi connectivity index (χ0) is 17.6. The van der Waals surface area contributed by atoms with Gasteiger partial charge >= 0.3 is 0 Å². The van der Waals surface area contributed by atoms with Crippen molar-refractivity contribution in [2.45, 2.75) is 32.9 Å². The Balaban J connectivity index is 1.44. The molecule has 1 saturated heterocycles. The number of aryl methyl sites for hydroxylation is 1. The molecule has 4 heteroatoms.